The fourth-order valence-electron chi connectivity index (χ4n) is 1.78. The fourth-order valence-corrected chi connectivity index (χ4v) is 1.78. The summed E-state index contributed by atoms with van der Waals surface area (Å²) in [5, 5.41) is 10.8. The topological polar surface area (TPSA) is 52.4 Å². The molecule has 0 spiro atoms. The molecule has 4 nitrogen and oxygen atoms in total. The molecule has 1 unspecified atom stereocenters. The summed E-state index contributed by atoms with van der Waals surface area (Å²) in [7, 11) is 0. The Balaban J connectivity index is 2.48. The average molecular weight is 250 g/mol. The van der Waals surface area contributed by atoms with E-state index in [1.807, 2.05) is 6.92 Å². The van der Waals surface area contributed by atoms with Crippen LogP contribution in [0.15, 0.2) is 18.2 Å². The first kappa shape index (κ1) is 14.5. The maximum absolute atomic E-state index is 10.8. The molecular formula is C14H20NO3. The summed E-state index contributed by atoms with van der Waals surface area (Å²) < 4.78 is 5.63. The van der Waals surface area contributed by atoms with Crippen LogP contribution in [0, 0.1) is 16.2 Å². The van der Waals surface area contributed by atoms with Crippen molar-refractivity contribution in [1.29, 1.82) is 0 Å². The first-order valence-corrected chi connectivity index (χ1v) is 6.46. The lowest BCUT2D eigenvalue weighted by molar-refractivity contribution is -0.386. The van der Waals surface area contributed by atoms with E-state index in [2.05, 4.69) is 13.0 Å². The van der Waals surface area contributed by atoms with E-state index in [4.69, 9.17) is 4.74 Å². The van der Waals surface area contributed by atoms with Gasteiger partial charge in [0.2, 0.25) is 0 Å². The minimum Gasteiger partial charge on any atom is -0.484 e. The molecule has 0 aliphatic rings. The summed E-state index contributed by atoms with van der Waals surface area (Å²) >= 11 is 0. The van der Waals surface area contributed by atoms with Crippen LogP contribution >= 0.6 is 0 Å². The van der Waals surface area contributed by atoms with E-state index in [0.717, 1.165) is 12.8 Å². The van der Waals surface area contributed by atoms with Crippen molar-refractivity contribution in [1.82, 2.24) is 0 Å². The van der Waals surface area contributed by atoms with E-state index in [1.54, 1.807) is 12.1 Å². The van der Waals surface area contributed by atoms with Gasteiger partial charge in [-0.3, -0.25) is 10.1 Å². The van der Waals surface area contributed by atoms with Gasteiger partial charge in [-0.05, 0) is 31.9 Å². The van der Waals surface area contributed by atoms with E-state index < -0.39 is 4.92 Å². The van der Waals surface area contributed by atoms with Gasteiger partial charge in [0.05, 0.1) is 11.0 Å². The van der Waals surface area contributed by atoms with E-state index in [1.165, 1.54) is 25.3 Å². The van der Waals surface area contributed by atoms with Gasteiger partial charge in [0.15, 0.2) is 5.75 Å². The summed E-state index contributed by atoms with van der Waals surface area (Å²) in [4.78, 5) is 10.4. The van der Waals surface area contributed by atoms with Crippen molar-refractivity contribution in [2.45, 2.75) is 52.1 Å². The second kappa shape index (κ2) is 7.69. The molecule has 0 heterocycles. The highest BCUT2D eigenvalue weighted by atomic mass is 16.6. The van der Waals surface area contributed by atoms with E-state index in [-0.39, 0.29) is 11.8 Å². The van der Waals surface area contributed by atoms with Crippen molar-refractivity contribution >= 4 is 5.69 Å². The van der Waals surface area contributed by atoms with Gasteiger partial charge in [0, 0.05) is 6.07 Å². The standard InChI is InChI=1S/C14H20NO3/c1-3-4-5-6-9-12(2)18-14-11-8-7-10-13(14)15(16)17/h8,10-12H,3-6,9H2,1-2H3. The number of unbranched alkanes of at least 4 members (excludes halogenated alkanes) is 3. The maximum Gasteiger partial charge on any atom is 0.311 e. The molecule has 1 atom stereocenters. The zero-order valence-electron chi connectivity index (χ0n) is 11.0. The smallest absolute Gasteiger partial charge is 0.311 e. The summed E-state index contributed by atoms with van der Waals surface area (Å²) in [5.74, 6) is 0.335. The van der Waals surface area contributed by atoms with Gasteiger partial charge in [-0.1, -0.05) is 32.3 Å². The Kier molecular flexibility index (Phi) is 6.19. The van der Waals surface area contributed by atoms with E-state index in [0.29, 0.717) is 5.75 Å². The average Bonchev–Trinajstić information content (AvgIpc) is 2.35. The van der Waals surface area contributed by atoms with Gasteiger partial charge in [0.1, 0.15) is 0 Å². The minimum atomic E-state index is -0.435. The molecule has 1 radical (unpaired) electrons. The number of rotatable bonds is 8. The molecule has 99 valence electrons. The second-order valence-electron chi connectivity index (χ2n) is 4.43. The Bertz CT molecular complexity index is 379. The van der Waals surface area contributed by atoms with Crippen molar-refractivity contribution in [3.05, 3.63) is 34.4 Å². The van der Waals surface area contributed by atoms with Gasteiger partial charge in [0.25, 0.3) is 0 Å². The zero-order chi connectivity index (χ0) is 13.4. The molecule has 1 rings (SSSR count). The highest BCUT2D eigenvalue weighted by molar-refractivity contribution is 5.45. The summed E-state index contributed by atoms with van der Waals surface area (Å²) in [6, 6.07) is 7.27. The lowest BCUT2D eigenvalue weighted by Gasteiger charge is -2.14. The zero-order valence-corrected chi connectivity index (χ0v) is 11.0. The molecule has 4 heteroatoms. The van der Waals surface area contributed by atoms with Crippen LogP contribution < -0.4 is 4.74 Å². The SMILES string of the molecule is CCCCCCC(C)Oc1cc[c]cc1[N+](=O)[O-]. The van der Waals surface area contributed by atoms with Crippen molar-refractivity contribution in [2.75, 3.05) is 0 Å². The van der Waals surface area contributed by atoms with Crippen LogP contribution in [0.25, 0.3) is 0 Å². The molecule has 1 aromatic carbocycles. The first-order valence-electron chi connectivity index (χ1n) is 6.46. The van der Waals surface area contributed by atoms with E-state index >= 15 is 0 Å². The number of ether oxygens (including phenoxy) is 1. The van der Waals surface area contributed by atoms with Gasteiger partial charge in [-0.2, -0.15) is 0 Å². The van der Waals surface area contributed by atoms with Gasteiger partial charge >= 0.3 is 5.69 Å². The molecule has 0 fully saturated rings. The molecule has 1 aromatic rings. The summed E-state index contributed by atoms with van der Waals surface area (Å²) in [5.41, 5.74) is -0.0158. The second-order valence-corrected chi connectivity index (χ2v) is 4.43. The minimum absolute atomic E-state index is 0.00274. The van der Waals surface area contributed by atoms with Gasteiger partial charge in [-0.15, -0.1) is 0 Å². The van der Waals surface area contributed by atoms with Crippen molar-refractivity contribution in [3.63, 3.8) is 0 Å². The number of hydrogen-bond donors (Lipinski definition) is 0. The summed E-state index contributed by atoms with van der Waals surface area (Å²) in [6.07, 6.45) is 5.65. The molecule has 0 N–H and O–H groups in total. The molecule has 0 bridgehead atoms. The predicted octanol–water partition coefficient (Wildman–Crippen LogP) is 4.13. The highest BCUT2D eigenvalue weighted by Gasteiger charge is 2.15. The number of hydrogen-bond acceptors (Lipinski definition) is 3. The van der Waals surface area contributed by atoms with Crippen LogP contribution in [0.1, 0.15) is 46.0 Å². The van der Waals surface area contributed by atoms with Crippen molar-refractivity contribution in [2.24, 2.45) is 0 Å². The predicted molar refractivity (Wildman–Crippen MR) is 70.8 cm³/mol. The Labute approximate surface area is 108 Å². The Morgan fingerprint density at radius 2 is 2.22 bits per heavy atom. The van der Waals surface area contributed by atoms with Crippen LogP contribution in [-0.2, 0) is 0 Å². The molecule has 0 aliphatic heterocycles. The van der Waals surface area contributed by atoms with Crippen molar-refractivity contribution < 1.29 is 9.66 Å². The first-order chi connectivity index (χ1) is 8.65. The van der Waals surface area contributed by atoms with E-state index in [9.17, 15) is 10.1 Å². The number of benzene rings is 1. The molecule has 0 saturated heterocycles. The molecule has 0 aliphatic carbocycles. The van der Waals surface area contributed by atoms with Crippen LogP contribution in [0.3, 0.4) is 0 Å². The highest BCUT2D eigenvalue weighted by Crippen LogP contribution is 2.27. The molecule has 18 heavy (non-hydrogen) atoms. The van der Waals surface area contributed by atoms with Gasteiger partial charge < -0.3 is 4.74 Å². The Morgan fingerprint density at radius 1 is 1.44 bits per heavy atom. The van der Waals surface area contributed by atoms with Crippen LogP contribution in [-0.4, -0.2) is 11.0 Å². The van der Waals surface area contributed by atoms with Crippen molar-refractivity contribution in [3.8, 4) is 5.75 Å². The number of nitro benzene ring substituents is 1. The van der Waals surface area contributed by atoms with Crippen LogP contribution in [0.2, 0.25) is 0 Å². The quantitative estimate of drug-likeness (QED) is 0.396. The fraction of sp³-hybridized carbons (Fsp3) is 0.571. The van der Waals surface area contributed by atoms with Crippen LogP contribution in [0.5, 0.6) is 5.75 Å². The molecule has 0 amide bonds. The third-order valence-corrected chi connectivity index (χ3v) is 2.79. The third-order valence-electron chi connectivity index (χ3n) is 2.79. The van der Waals surface area contributed by atoms with Gasteiger partial charge in [-0.25, -0.2) is 0 Å². The Morgan fingerprint density at radius 3 is 2.89 bits per heavy atom. The monoisotopic (exact) mass is 250 g/mol. The molecule has 0 aromatic heterocycles. The maximum atomic E-state index is 10.8. The lowest BCUT2D eigenvalue weighted by atomic mass is 10.1. The molecule has 0 saturated carbocycles. The molecular weight excluding hydrogens is 230 g/mol. The number of nitro groups is 1. The van der Waals surface area contributed by atoms with Crippen LogP contribution in [0.4, 0.5) is 5.69 Å². The third kappa shape index (κ3) is 4.73. The summed E-state index contributed by atoms with van der Waals surface area (Å²) in [6.45, 7) is 4.12. The Hall–Kier alpha value is -1.58. The lowest BCUT2D eigenvalue weighted by Crippen LogP contribution is -2.12. The largest absolute Gasteiger partial charge is 0.484 e. The number of nitrogens with zero attached hydrogens (tertiary/aromatic N) is 1. The normalized spacial score (nSPS) is 12.1.